The highest BCUT2D eigenvalue weighted by atomic mass is 16.5. The molecular formula is C29H31N5O5. The second-order valence-corrected chi connectivity index (χ2v) is 9.04. The molecule has 39 heavy (non-hydrogen) atoms. The minimum absolute atomic E-state index is 0.0344. The standard InChI is InChI=1S/C29H31N5O5/c1-37-25-8-4-6-21(18-25)14-15-31-28(36)29(19-23-7-2-3-9-26(23)33-34-30)20-39-27(32-29)22-10-12-24(13-11-22)38-17-5-16-35/h2-4,6-13,18,35H,5,14-17,19-20H2,1H3,(H,31,36)/t29-/m1/s1. The molecule has 0 aromatic heterocycles. The largest absolute Gasteiger partial charge is 0.497 e. The van der Waals surface area contributed by atoms with Crippen molar-refractivity contribution >= 4 is 17.5 Å². The summed E-state index contributed by atoms with van der Waals surface area (Å²) in [6.07, 6.45) is 1.35. The van der Waals surface area contributed by atoms with Gasteiger partial charge in [-0.15, -0.1) is 0 Å². The Morgan fingerprint density at radius 2 is 1.97 bits per heavy atom. The molecule has 1 aliphatic heterocycles. The van der Waals surface area contributed by atoms with Gasteiger partial charge in [-0.1, -0.05) is 41.5 Å². The summed E-state index contributed by atoms with van der Waals surface area (Å²) in [5.74, 6) is 1.49. The van der Waals surface area contributed by atoms with E-state index >= 15 is 0 Å². The fraction of sp³-hybridized carbons (Fsp3) is 0.310. The van der Waals surface area contributed by atoms with Crippen LogP contribution >= 0.6 is 0 Å². The first-order chi connectivity index (χ1) is 19.1. The van der Waals surface area contributed by atoms with Crippen LogP contribution < -0.4 is 14.8 Å². The number of carbonyl (C=O) groups is 1. The van der Waals surface area contributed by atoms with Gasteiger partial charge in [0.2, 0.25) is 5.90 Å². The number of amides is 1. The predicted octanol–water partition coefficient (Wildman–Crippen LogP) is 4.52. The van der Waals surface area contributed by atoms with E-state index in [1.165, 1.54) is 0 Å². The summed E-state index contributed by atoms with van der Waals surface area (Å²) >= 11 is 0. The molecule has 0 fully saturated rings. The number of aliphatic imine (C=N–C) groups is 1. The van der Waals surface area contributed by atoms with Crippen molar-refractivity contribution in [3.63, 3.8) is 0 Å². The van der Waals surface area contributed by atoms with Gasteiger partial charge in [0, 0.05) is 42.2 Å². The van der Waals surface area contributed by atoms with Crippen molar-refractivity contribution in [1.82, 2.24) is 5.32 Å². The summed E-state index contributed by atoms with van der Waals surface area (Å²) in [5, 5.41) is 15.8. The maximum atomic E-state index is 13.7. The lowest BCUT2D eigenvalue weighted by molar-refractivity contribution is -0.126. The van der Waals surface area contributed by atoms with E-state index in [9.17, 15) is 4.79 Å². The molecule has 202 valence electrons. The monoisotopic (exact) mass is 529 g/mol. The topological polar surface area (TPSA) is 138 Å². The lowest BCUT2D eigenvalue weighted by atomic mass is 9.90. The summed E-state index contributed by atoms with van der Waals surface area (Å²) in [5.41, 5.74) is 10.6. The van der Waals surface area contributed by atoms with Gasteiger partial charge in [0.15, 0.2) is 5.54 Å². The van der Waals surface area contributed by atoms with Crippen LogP contribution in [0.4, 0.5) is 5.69 Å². The SMILES string of the molecule is COc1cccc(CCNC(=O)[C@@]2(Cc3ccccc3N=[N+]=[N-])COC(c3ccc(OCCCO)cc3)=N2)c1. The number of ether oxygens (including phenoxy) is 3. The number of benzene rings is 3. The number of hydrogen-bond donors (Lipinski definition) is 2. The first kappa shape index (κ1) is 27.5. The van der Waals surface area contributed by atoms with Gasteiger partial charge in [-0.3, -0.25) is 4.79 Å². The Bertz CT molecular complexity index is 1350. The lowest BCUT2D eigenvalue weighted by Crippen LogP contribution is -2.49. The molecule has 0 spiro atoms. The number of aliphatic hydroxyl groups is 1. The van der Waals surface area contributed by atoms with E-state index in [4.69, 9.17) is 29.8 Å². The molecule has 0 unspecified atom stereocenters. The van der Waals surface area contributed by atoms with Crippen molar-refractivity contribution in [1.29, 1.82) is 0 Å². The molecule has 0 radical (unpaired) electrons. The Kier molecular flexibility index (Phi) is 9.39. The van der Waals surface area contributed by atoms with Crippen molar-refractivity contribution in [2.45, 2.75) is 24.8 Å². The molecule has 10 nitrogen and oxygen atoms in total. The minimum Gasteiger partial charge on any atom is -0.497 e. The molecule has 2 N–H and O–H groups in total. The normalized spacial score (nSPS) is 16.0. The average molecular weight is 530 g/mol. The molecule has 0 saturated carbocycles. The number of nitrogens with zero attached hydrogens (tertiary/aromatic N) is 4. The Balaban J connectivity index is 1.56. The Labute approximate surface area is 226 Å². The third-order valence-corrected chi connectivity index (χ3v) is 6.32. The van der Waals surface area contributed by atoms with Crippen LogP contribution in [-0.2, 0) is 22.4 Å². The predicted molar refractivity (Wildman–Crippen MR) is 148 cm³/mol. The van der Waals surface area contributed by atoms with Crippen molar-refractivity contribution < 1.29 is 24.1 Å². The molecule has 3 aromatic rings. The molecule has 0 bridgehead atoms. The van der Waals surface area contributed by atoms with Crippen LogP contribution in [0.2, 0.25) is 0 Å². The number of nitrogens with one attached hydrogen (secondary N) is 1. The smallest absolute Gasteiger partial charge is 0.251 e. The quantitative estimate of drug-likeness (QED) is 0.145. The van der Waals surface area contributed by atoms with Gasteiger partial charge in [-0.2, -0.15) is 0 Å². The van der Waals surface area contributed by atoms with E-state index in [2.05, 4.69) is 15.3 Å². The van der Waals surface area contributed by atoms with Gasteiger partial charge >= 0.3 is 0 Å². The van der Waals surface area contributed by atoms with Crippen molar-refractivity contribution in [3.8, 4) is 11.5 Å². The fourth-order valence-corrected chi connectivity index (χ4v) is 4.26. The van der Waals surface area contributed by atoms with Crippen LogP contribution in [-0.4, -0.2) is 55.9 Å². The number of rotatable bonds is 13. The maximum absolute atomic E-state index is 13.7. The van der Waals surface area contributed by atoms with Gasteiger partial charge < -0.3 is 24.6 Å². The van der Waals surface area contributed by atoms with E-state index in [1.807, 2.05) is 48.5 Å². The van der Waals surface area contributed by atoms with Crippen LogP contribution in [0.25, 0.3) is 10.4 Å². The number of azide groups is 1. The van der Waals surface area contributed by atoms with Crippen molar-refractivity contribution in [3.05, 3.63) is 99.9 Å². The summed E-state index contributed by atoms with van der Waals surface area (Å²) < 4.78 is 16.9. The third-order valence-electron chi connectivity index (χ3n) is 6.32. The van der Waals surface area contributed by atoms with Crippen LogP contribution in [0, 0.1) is 0 Å². The minimum atomic E-state index is -1.25. The van der Waals surface area contributed by atoms with Gasteiger partial charge in [0.05, 0.1) is 13.7 Å². The number of methoxy groups -OCH3 is 1. The molecule has 1 heterocycles. The molecule has 1 atom stereocenters. The van der Waals surface area contributed by atoms with E-state index in [0.717, 1.165) is 11.3 Å². The zero-order valence-electron chi connectivity index (χ0n) is 21.7. The maximum Gasteiger partial charge on any atom is 0.251 e. The Morgan fingerprint density at radius 1 is 1.15 bits per heavy atom. The molecule has 1 aliphatic rings. The second-order valence-electron chi connectivity index (χ2n) is 9.04. The zero-order chi connectivity index (χ0) is 27.5. The Hall–Kier alpha value is -4.53. The van der Waals surface area contributed by atoms with Gasteiger partial charge in [0.25, 0.3) is 5.91 Å². The van der Waals surface area contributed by atoms with E-state index in [0.29, 0.717) is 54.5 Å². The summed E-state index contributed by atoms with van der Waals surface area (Å²) in [7, 11) is 1.62. The van der Waals surface area contributed by atoms with E-state index in [-0.39, 0.29) is 25.5 Å². The molecule has 0 aliphatic carbocycles. The first-order valence-corrected chi connectivity index (χ1v) is 12.7. The second kappa shape index (κ2) is 13.3. The molecule has 4 rings (SSSR count). The van der Waals surface area contributed by atoms with Gasteiger partial charge in [0.1, 0.15) is 18.1 Å². The average Bonchev–Trinajstić information content (AvgIpc) is 3.40. The summed E-state index contributed by atoms with van der Waals surface area (Å²) in [6.45, 7) is 0.912. The van der Waals surface area contributed by atoms with Gasteiger partial charge in [-0.25, -0.2) is 4.99 Å². The fourth-order valence-electron chi connectivity index (χ4n) is 4.26. The first-order valence-electron chi connectivity index (χ1n) is 12.7. The third kappa shape index (κ3) is 7.07. The highest BCUT2D eigenvalue weighted by Gasteiger charge is 2.44. The highest BCUT2D eigenvalue weighted by Crippen LogP contribution is 2.31. The number of aliphatic hydroxyl groups excluding tert-OH is 1. The molecule has 10 heteroatoms. The number of carbonyl (C=O) groups excluding carboxylic acids is 1. The molecule has 3 aromatic carbocycles. The molecular weight excluding hydrogens is 498 g/mol. The van der Waals surface area contributed by atoms with Crippen molar-refractivity contribution in [2.24, 2.45) is 10.1 Å². The summed E-state index contributed by atoms with van der Waals surface area (Å²) in [6, 6.07) is 22.1. The van der Waals surface area contributed by atoms with Crippen LogP contribution in [0.15, 0.2) is 82.9 Å². The molecule has 0 saturated heterocycles. The Morgan fingerprint density at radius 3 is 2.74 bits per heavy atom. The zero-order valence-corrected chi connectivity index (χ0v) is 21.7. The molecule has 1 amide bonds. The van der Waals surface area contributed by atoms with Crippen LogP contribution in [0.5, 0.6) is 11.5 Å². The van der Waals surface area contributed by atoms with E-state index < -0.39 is 5.54 Å². The van der Waals surface area contributed by atoms with E-state index in [1.54, 1.807) is 31.4 Å². The van der Waals surface area contributed by atoms with Gasteiger partial charge in [-0.05, 0) is 59.5 Å². The van der Waals surface area contributed by atoms with Crippen LogP contribution in [0.3, 0.4) is 0 Å². The summed E-state index contributed by atoms with van der Waals surface area (Å²) in [4.78, 5) is 21.4. The van der Waals surface area contributed by atoms with Crippen LogP contribution in [0.1, 0.15) is 23.1 Å². The number of hydrogen-bond acceptors (Lipinski definition) is 7. The highest BCUT2D eigenvalue weighted by molar-refractivity contribution is 6.00. The lowest BCUT2D eigenvalue weighted by Gasteiger charge is -2.24. The van der Waals surface area contributed by atoms with Crippen molar-refractivity contribution in [2.75, 3.05) is 33.5 Å².